The van der Waals surface area contributed by atoms with Gasteiger partial charge in [-0.3, -0.25) is 9.69 Å². The second kappa shape index (κ2) is 10.8. The van der Waals surface area contributed by atoms with E-state index >= 15 is 0 Å². The monoisotopic (exact) mass is 434 g/mol. The predicted molar refractivity (Wildman–Crippen MR) is 117 cm³/mol. The molecule has 2 aliphatic heterocycles. The van der Waals surface area contributed by atoms with E-state index in [1.807, 2.05) is 16.5 Å². The van der Waals surface area contributed by atoms with E-state index in [2.05, 4.69) is 41.3 Å². The van der Waals surface area contributed by atoms with Crippen LogP contribution in [0.15, 0.2) is 0 Å². The fourth-order valence-corrected chi connectivity index (χ4v) is 3.75. The molecule has 2 aliphatic rings. The van der Waals surface area contributed by atoms with E-state index in [1.54, 1.807) is 0 Å². The fraction of sp³-hybridized carbons (Fsp3) is 0.842. The number of hydrogen-bond acceptors (Lipinski definition) is 5. The summed E-state index contributed by atoms with van der Waals surface area (Å²) in [6.45, 7) is 15.4. The average Bonchev–Trinajstić information content (AvgIpc) is 3.01. The summed E-state index contributed by atoms with van der Waals surface area (Å²) in [5.74, 6) is 0.0400. The number of carbonyl (C=O) groups excluding carboxylic acids is 1. The Hall–Kier alpha value is -0.890. The van der Waals surface area contributed by atoms with Crippen molar-refractivity contribution in [2.75, 3.05) is 45.8 Å². The largest absolute Gasteiger partial charge is 0.335 e. The molecule has 0 aliphatic carbocycles. The van der Waals surface area contributed by atoms with Gasteiger partial charge in [-0.15, -0.1) is 29.9 Å². The number of halogens is 2. The van der Waals surface area contributed by atoms with Gasteiger partial charge in [-0.1, -0.05) is 26.0 Å². The van der Waals surface area contributed by atoms with E-state index in [0.29, 0.717) is 17.2 Å². The van der Waals surface area contributed by atoms with E-state index in [9.17, 15) is 4.79 Å². The molecular formula is C19H36Cl2N6O. The Labute approximate surface area is 181 Å². The zero-order chi connectivity index (χ0) is 18.7. The topological polar surface area (TPSA) is 66.3 Å². The molecule has 0 aromatic carbocycles. The molecule has 9 heteroatoms. The van der Waals surface area contributed by atoms with Crippen LogP contribution in [0.3, 0.4) is 0 Å². The van der Waals surface area contributed by atoms with Crippen molar-refractivity contribution < 1.29 is 4.79 Å². The molecular weight excluding hydrogens is 399 g/mol. The van der Waals surface area contributed by atoms with Crippen molar-refractivity contribution in [2.45, 2.75) is 53.0 Å². The van der Waals surface area contributed by atoms with Crippen LogP contribution in [-0.4, -0.2) is 76.5 Å². The van der Waals surface area contributed by atoms with Gasteiger partial charge in [0.25, 0.3) is 5.91 Å². The van der Waals surface area contributed by atoms with Gasteiger partial charge in [0.1, 0.15) is 0 Å². The maximum atomic E-state index is 12.9. The molecule has 0 bridgehead atoms. The summed E-state index contributed by atoms with van der Waals surface area (Å²) in [6, 6.07) is 0.361. The van der Waals surface area contributed by atoms with E-state index in [4.69, 9.17) is 0 Å². The molecule has 3 rings (SSSR count). The van der Waals surface area contributed by atoms with Gasteiger partial charge in [-0.2, -0.15) is 0 Å². The van der Waals surface area contributed by atoms with E-state index in [-0.39, 0.29) is 30.7 Å². The number of nitrogens with zero attached hydrogens (tertiary/aromatic N) is 5. The molecule has 28 heavy (non-hydrogen) atoms. The highest BCUT2D eigenvalue weighted by Gasteiger charge is 2.28. The Morgan fingerprint density at radius 1 is 1.11 bits per heavy atom. The first-order chi connectivity index (χ1) is 12.3. The van der Waals surface area contributed by atoms with Crippen LogP contribution in [0.5, 0.6) is 0 Å². The highest BCUT2D eigenvalue weighted by Crippen LogP contribution is 2.22. The molecule has 1 amide bonds. The van der Waals surface area contributed by atoms with Crippen molar-refractivity contribution in [3.8, 4) is 0 Å². The number of carbonyl (C=O) groups is 1. The first-order valence-electron chi connectivity index (χ1n) is 9.99. The van der Waals surface area contributed by atoms with E-state index in [1.165, 1.54) is 6.42 Å². The molecule has 2 saturated heterocycles. The normalized spacial score (nSPS) is 19.1. The number of piperazine rings is 1. The third-order valence-corrected chi connectivity index (χ3v) is 5.62. The molecule has 1 aromatic rings. The summed E-state index contributed by atoms with van der Waals surface area (Å²) in [5, 5.41) is 11.9. The van der Waals surface area contributed by atoms with Gasteiger partial charge in [0.15, 0.2) is 5.69 Å². The van der Waals surface area contributed by atoms with Gasteiger partial charge < -0.3 is 10.2 Å². The van der Waals surface area contributed by atoms with Crippen molar-refractivity contribution in [1.29, 1.82) is 0 Å². The zero-order valence-electron chi connectivity index (χ0n) is 17.6. The second-order valence-corrected chi connectivity index (χ2v) is 8.89. The van der Waals surface area contributed by atoms with E-state index < -0.39 is 0 Å². The SMILES string of the molecule is Cc1c(C(=O)N2CCN(CCC(C)(C)C)CC2)nnn1C1CCNCC1.Cl.Cl. The quantitative estimate of drug-likeness (QED) is 0.788. The number of rotatable bonds is 4. The van der Waals surface area contributed by atoms with Crippen LogP contribution in [0, 0.1) is 12.3 Å². The Balaban J connectivity index is 0.00000196. The lowest BCUT2D eigenvalue weighted by molar-refractivity contribution is 0.0617. The maximum Gasteiger partial charge on any atom is 0.276 e. The van der Waals surface area contributed by atoms with Crippen LogP contribution in [0.1, 0.15) is 62.3 Å². The Kier molecular flexibility index (Phi) is 9.67. The van der Waals surface area contributed by atoms with Crippen LogP contribution in [0.4, 0.5) is 0 Å². The summed E-state index contributed by atoms with van der Waals surface area (Å²) >= 11 is 0. The van der Waals surface area contributed by atoms with Crippen molar-refractivity contribution in [3.63, 3.8) is 0 Å². The summed E-state index contributed by atoms with van der Waals surface area (Å²) < 4.78 is 1.97. The molecule has 0 radical (unpaired) electrons. The molecule has 0 spiro atoms. The number of piperidine rings is 1. The molecule has 1 N–H and O–H groups in total. The standard InChI is InChI=1S/C19H34N6O.2ClH/c1-15-17(21-22-25(15)16-5-8-20-9-6-16)18(26)24-13-11-23(12-14-24)10-7-19(2,3)4;;/h16,20H,5-14H2,1-4H3;2*1H. The van der Waals surface area contributed by atoms with Crippen LogP contribution < -0.4 is 5.32 Å². The highest BCUT2D eigenvalue weighted by atomic mass is 35.5. The summed E-state index contributed by atoms with van der Waals surface area (Å²) in [6.07, 6.45) is 3.28. The van der Waals surface area contributed by atoms with Gasteiger partial charge in [-0.25, -0.2) is 4.68 Å². The fourth-order valence-electron chi connectivity index (χ4n) is 3.75. The van der Waals surface area contributed by atoms with Gasteiger partial charge in [0.2, 0.25) is 0 Å². The van der Waals surface area contributed by atoms with Gasteiger partial charge in [-0.05, 0) is 51.2 Å². The minimum absolute atomic E-state index is 0. The number of hydrogen-bond donors (Lipinski definition) is 1. The Bertz CT molecular complexity index is 616. The molecule has 1 aromatic heterocycles. The lowest BCUT2D eigenvalue weighted by Gasteiger charge is -2.35. The molecule has 7 nitrogen and oxygen atoms in total. The maximum absolute atomic E-state index is 12.9. The molecule has 0 unspecified atom stereocenters. The van der Waals surface area contributed by atoms with Gasteiger partial charge in [0.05, 0.1) is 11.7 Å². The second-order valence-electron chi connectivity index (χ2n) is 8.89. The molecule has 162 valence electrons. The lowest BCUT2D eigenvalue weighted by atomic mass is 9.92. The minimum Gasteiger partial charge on any atom is -0.335 e. The van der Waals surface area contributed by atoms with Crippen molar-refractivity contribution in [2.24, 2.45) is 5.41 Å². The summed E-state index contributed by atoms with van der Waals surface area (Å²) in [7, 11) is 0. The lowest BCUT2D eigenvalue weighted by Crippen LogP contribution is -2.49. The first-order valence-corrected chi connectivity index (χ1v) is 9.99. The van der Waals surface area contributed by atoms with Crippen LogP contribution in [0.2, 0.25) is 0 Å². The summed E-state index contributed by atoms with van der Waals surface area (Å²) in [4.78, 5) is 17.3. The van der Waals surface area contributed by atoms with Crippen LogP contribution in [-0.2, 0) is 0 Å². The number of aromatic nitrogens is 3. The molecule has 0 saturated carbocycles. The molecule has 3 heterocycles. The van der Waals surface area contributed by atoms with Crippen molar-refractivity contribution >= 4 is 30.7 Å². The Morgan fingerprint density at radius 3 is 2.29 bits per heavy atom. The third-order valence-electron chi connectivity index (χ3n) is 5.62. The van der Waals surface area contributed by atoms with E-state index in [0.717, 1.165) is 64.3 Å². The smallest absolute Gasteiger partial charge is 0.276 e. The first kappa shape index (κ1) is 25.1. The highest BCUT2D eigenvalue weighted by molar-refractivity contribution is 5.93. The van der Waals surface area contributed by atoms with Gasteiger partial charge >= 0.3 is 0 Å². The number of nitrogens with one attached hydrogen (secondary N) is 1. The number of amides is 1. The van der Waals surface area contributed by atoms with Gasteiger partial charge in [0, 0.05) is 26.2 Å². The molecule has 2 fully saturated rings. The zero-order valence-corrected chi connectivity index (χ0v) is 19.2. The molecule has 0 atom stereocenters. The van der Waals surface area contributed by atoms with Crippen LogP contribution >= 0.6 is 24.8 Å². The van der Waals surface area contributed by atoms with Crippen molar-refractivity contribution in [1.82, 2.24) is 30.1 Å². The van der Waals surface area contributed by atoms with Crippen molar-refractivity contribution in [3.05, 3.63) is 11.4 Å². The predicted octanol–water partition coefficient (Wildman–Crippen LogP) is 2.55. The average molecular weight is 435 g/mol. The summed E-state index contributed by atoms with van der Waals surface area (Å²) in [5.41, 5.74) is 1.81. The van der Waals surface area contributed by atoms with Crippen LogP contribution in [0.25, 0.3) is 0 Å². The minimum atomic E-state index is 0. The third kappa shape index (κ3) is 6.31. The Morgan fingerprint density at radius 2 is 1.71 bits per heavy atom.